The van der Waals surface area contributed by atoms with Gasteiger partial charge in [-0.3, -0.25) is 14.4 Å². The van der Waals surface area contributed by atoms with Crippen molar-refractivity contribution in [2.45, 2.75) is 59.2 Å². The molecule has 1 heterocycles. The first-order valence-electron chi connectivity index (χ1n) is 9.01. The summed E-state index contributed by atoms with van der Waals surface area (Å²) in [5.74, 6) is -1.17. The van der Waals surface area contributed by atoms with E-state index in [1.54, 1.807) is 0 Å². The molecule has 136 valence electrons. The number of carbonyl (C=O) groups excluding carboxylic acids is 3. The third-order valence-electron chi connectivity index (χ3n) is 5.60. The summed E-state index contributed by atoms with van der Waals surface area (Å²) in [6.07, 6.45) is 0.199. The molecule has 25 heavy (non-hydrogen) atoms. The van der Waals surface area contributed by atoms with Gasteiger partial charge in [-0.1, -0.05) is 38.5 Å². The molecule has 1 saturated heterocycles. The second-order valence-electron chi connectivity index (χ2n) is 8.03. The van der Waals surface area contributed by atoms with Gasteiger partial charge in [0.2, 0.25) is 0 Å². The van der Waals surface area contributed by atoms with Gasteiger partial charge in [-0.15, -0.1) is 0 Å². The van der Waals surface area contributed by atoms with Gasteiger partial charge in [0.15, 0.2) is 5.78 Å². The summed E-state index contributed by atoms with van der Waals surface area (Å²) in [6, 6.07) is 0. The van der Waals surface area contributed by atoms with Gasteiger partial charge in [0, 0.05) is 36.7 Å². The average Bonchev–Trinajstić information content (AvgIpc) is 2.89. The van der Waals surface area contributed by atoms with Crippen molar-refractivity contribution >= 4 is 17.7 Å². The normalized spacial score (nSPS) is 34.8. The summed E-state index contributed by atoms with van der Waals surface area (Å²) in [6.45, 7) is 11.7. The molecule has 5 nitrogen and oxygen atoms in total. The van der Waals surface area contributed by atoms with Crippen LogP contribution in [0.15, 0.2) is 23.3 Å². The number of esters is 2. The highest BCUT2D eigenvalue weighted by atomic mass is 16.6. The molecule has 5 atom stereocenters. The molecule has 1 saturated carbocycles. The first-order chi connectivity index (χ1) is 11.7. The third-order valence-corrected chi connectivity index (χ3v) is 5.60. The van der Waals surface area contributed by atoms with Crippen molar-refractivity contribution in [3.8, 4) is 0 Å². The van der Waals surface area contributed by atoms with Gasteiger partial charge in [-0.25, -0.2) is 0 Å². The van der Waals surface area contributed by atoms with E-state index < -0.39 is 12.2 Å². The molecule has 2 aliphatic carbocycles. The summed E-state index contributed by atoms with van der Waals surface area (Å²) in [5, 5.41) is 0. The van der Waals surface area contributed by atoms with Gasteiger partial charge >= 0.3 is 11.9 Å². The zero-order valence-electron chi connectivity index (χ0n) is 15.3. The molecule has 2 fully saturated rings. The summed E-state index contributed by atoms with van der Waals surface area (Å²) in [4.78, 5) is 36.9. The van der Waals surface area contributed by atoms with Crippen LogP contribution in [0, 0.1) is 23.7 Å². The van der Waals surface area contributed by atoms with Crippen molar-refractivity contribution in [2.24, 2.45) is 23.7 Å². The van der Waals surface area contributed by atoms with Crippen LogP contribution in [-0.2, 0) is 23.9 Å². The summed E-state index contributed by atoms with van der Waals surface area (Å²) in [5.41, 5.74) is 2.43. The Kier molecular flexibility index (Phi) is 4.60. The van der Waals surface area contributed by atoms with E-state index in [9.17, 15) is 14.4 Å². The molecule has 0 aromatic rings. The predicted molar refractivity (Wildman–Crippen MR) is 91.4 cm³/mol. The standard InChI is InChI=1S/C20H26O5/c1-9(2)6-15(22)24-14-8-11(4)16-13(21)7-10(3)17(16)19-18(14)12(5)20(23)25-19/h9,12,14,17-19H,3,6-8H2,1-2,4-5H3/t12-,14-,17?,18?,19+/m0/s1. The highest BCUT2D eigenvalue weighted by molar-refractivity contribution is 6.02. The Morgan fingerprint density at radius 3 is 2.68 bits per heavy atom. The lowest BCUT2D eigenvalue weighted by molar-refractivity contribution is -0.154. The number of hydrogen-bond acceptors (Lipinski definition) is 5. The van der Waals surface area contributed by atoms with Crippen molar-refractivity contribution < 1.29 is 23.9 Å². The van der Waals surface area contributed by atoms with Crippen molar-refractivity contribution in [3.63, 3.8) is 0 Å². The fourth-order valence-corrected chi connectivity index (χ4v) is 4.49. The minimum Gasteiger partial charge on any atom is -0.462 e. The fourth-order valence-electron chi connectivity index (χ4n) is 4.49. The van der Waals surface area contributed by atoms with Crippen LogP contribution in [-0.4, -0.2) is 29.9 Å². The van der Waals surface area contributed by atoms with Gasteiger partial charge in [0.05, 0.1) is 5.92 Å². The van der Waals surface area contributed by atoms with E-state index in [-0.39, 0.29) is 41.4 Å². The van der Waals surface area contributed by atoms with Crippen molar-refractivity contribution in [3.05, 3.63) is 23.3 Å². The Morgan fingerprint density at radius 1 is 1.36 bits per heavy atom. The molecule has 3 rings (SSSR count). The minimum absolute atomic E-state index is 0.0519. The molecule has 0 aromatic heterocycles. The number of Topliss-reactive ketones (excluding diaryl/α,β-unsaturated/α-hetero) is 1. The second kappa shape index (κ2) is 6.43. The zero-order chi connectivity index (χ0) is 18.5. The Bertz CT molecular complexity index is 672. The van der Waals surface area contributed by atoms with Crippen LogP contribution in [0.3, 0.4) is 0 Å². The Labute approximate surface area is 148 Å². The lowest BCUT2D eigenvalue weighted by atomic mass is 9.80. The predicted octanol–water partition coefficient (Wildman–Crippen LogP) is 2.99. The molecule has 0 bridgehead atoms. The van der Waals surface area contributed by atoms with Crippen molar-refractivity contribution in [2.75, 3.05) is 0 Å². The van der Waals surface area contributed by atoms with E-state index in [4.69, 9.17) is 9.47 Å². The van der Waals surface area contributed by atoms with Crippen LogP contribution in [0.4, 0.5) is 0 Å². The molecule has 0 aromatic carbocycles. The van der Waals surface area contributed by atoms with Gasteiger partial charge in [0.25, 0.3) is 0 Å². The Balaban J connectivity index is 1.97. The summed E-state index contributed by atoms with van der Waals surface area (Å²) in [7, 11) is 0. The lowest BCUT2D eigenvalue weighted by Crippen LogP contribution is -2.37. The molecule has 2 unspecified atom stereocenters. The average molecular weight is 346 g/mol. The number of ether oxygens (including phenoxy) is 2. The summed E-state index contributed by atoms with van der Waals surface area (Å²) >= 11 is 0. The van der Waals surface area contributed by atoms with E-state index in [0.717, 1.165) is 11.1 Å². The second-order valence-corrected chi connectivity index (χ2v) is 8.03. The van der Waals surface area contributed by atoms with Crippen LogP contribution in [0.25, 0.3) is 0 Å². The largest absolute Gasteiger partial charge is 0.462 e. The molecule has 1 aliphatic heterocycles. The minimum atomic E-state index is -0.467. The van der Waals surface area contributed by atoms with Gasteiger partial charge < -0.3 is 9.47 Å². The van der Waals surface area contributed by atoms with E-state index >= 15 is 0 Å². The van der Waals surface area contributed by atoms with E-state index in [0.29, 0.717) is 24.8 Å². The van der Waals surface area contributed by atoms with Gasteiger partial charge in [-0.05, 0) is 12.8 Å². The van der Waals surface area contributed by atoms with Crippen LogP contribution in [0.2, 0.25) is 0 Å². The highest BCUT2D eigenvalue weighted by Crippen LogP contribution is 2.49. The Hall–Kier alpha value is -1.91. The van der Waals surface area contributed by atoms with Crippen LogP contribution in [0.5, 0.6) is 0 Å². The Morgan fingerprint density at radius 2 is 2.04 bits per heavy atom. The number of hydrogen-bond donors (Lipinski definition) is 0. The van der Waals surface area contributed by atoms with Crippen molar-refractivity contribution in [1.82, 2.24) is 0 Å². The highest BCUT2D eigenvalue weighted by Gasteiger charge is 2.56. The van der Waals surface area contributed by atoms with E-state index in [2.05, 4.69) is 6.58 Å². The SMILES string of the molecule is C=C1CC(=O)C2=C(C)C[C@H](OC(=O)CC(C)C)C3[C@H](OC(=O)[C@H]3C)C12. The number of ketones is 1. The number of rotatable bonds is 3. The third kappa shape index (κ3) is 3.05. The lowest BCUT2D eigenvalue weighted by Gasteiger charge is -2.29. The first kappa shape index (κ1) is 17.9. The molecule has 0 spiro atoms. The molecule has 5 heteroatoms. The number of carbonyl (C=O) groups is 3. The molecular weight excluding hydrogens is 320 g/mol. The maximum atomic E-state index is 12.4. The quantitative estimate of drug-likeness (QED) is 0.580. The molecule has 3 aliphatic rings. The van der Waals surface area contributed by atoms with Gasteiger partial charge in [-0.2, -0.15) is 0 Å². The van der Waals surface area contributed by atoms with E-state index in [1.165, 1.54) is 0 Å². The first-order valence-corrected chi connectivity index (χ1v) is 9.01. The van der Waals surface area contributed by atoms with Crippen LogP contribution in [0.1, 0.15) is 47.0 Å². The maximum absolute atomic E-state index is 12.4. The topological polar surface area (TPSA) is 69.7 Å². The smallest absolute Gasteiger partial charge is 0.309 e. The van der Waals surface area contributed by atoms with E-state index in [1.807, 2.05) is 27.7 Å². The maximum Gasteiger partial charge on any atom is 0.309 e. The number of fused-ring (bicyclic) bond motifs is 3. The molecule has 0 N–H and O–H groups in total. The van der Waals surface area contributed by atoms with Gasteiger partial charge in [0.1, 0.15) is 12.2 Å². The van der Waals surface area contributed by atoms with Crippen molar-refractivity contribution in [1.29, 1.82) is 0 Å². The molecular formula is C20H26O5. The summed E-state index contributed by atoms with van der Waals surface area (Å²) < 4.78 is 11.4. The zero-order valence-corrected chi connectivity index (χ0v) is 15.3. The fraction of sp³-hybridized carbons (Fsp3) is 0.650. The van der Waals surface area contributed by atoms with Crippen LogP contribution >= 0.6 is 0 Å². The monoisotopic (exact) mass is 346 g/mol. The molecule has 0 amide bonds. The van der Waals surface area contributed by atoms with Crippen LogP contribution < -0.4 is 0 Å². The molecule has 0 radical (unpaired) electrons.